The highest BCUT2D eigenvalue weighted by molar-refractivity contribution is 5.86. The second kappa shape index (κ2) is 4.89. The van der Waals surface area contributed by atoms with Crippen LogP contribution in [-0.4, -0.2) is 25.8 Å². The molecular weight excluding hydrogens is 250 g/mol. The Morgan fingerprint density at radius 1 is 1.53 bits per heavy atom. The van der Waals surface area contributed by atoms with Gasteiger partial charge < -0.3 is 5.11 Å². The predicted octanol–water partition coefficient (Wildman–Crippen LogP) is 1.85. The number of carboxylic acids is 1. The third-order valence-electron chi connectivity index (χ3n) is 2.83. The molecule has 7 nitrogen and oxygen atoms in total. The van der Waals surface area contributed by atoms with Gasteiger partial charge in [0.1, 0.15) is 0 Å². The fourth-order valence-electron chi connectivity index (χ4n) is 1.77. The fraction of sp³-hybridized carbons (Fsp3) is 0.167. The topological polar surface area (TPSA) is 98.3 Å². The van der Waals surface area contributed by atoms with E-state index >= 15 is 0 Å². The first-order valence-electron chi connectivity index (χ1n) is 5.47. The van der Waals surface area contributed by atoms with Crippen molar-refractivity contribution in [2.75, 3.05) is 0 Å². The van der Waals surface area contributed by atoms with E-state index in [1.54, 1.807) is 19.1 Å². The number of aromatic carboxylic acids is 1. The molecule has 0 atom stereocenters. The highest BCUT2D eigenvalue weighted by Crippen LogP contribution is 2.21. The van der Waals surface area contributed by atoms with Crippen LogP contribution in [0.1, 0.15) is 21.5 Å². The van der Waals surface area contributed by atoms with Crippen LogP contribution in [-0.2, 0) is 6.54 Å². The Kier molecular flexibility index (Phi) is 3.28. The maximum absolute atomic E-state index is 10.8. The summed E-state index contributed by atoms with van der Waals surface area (Å²) in [5, 5.41) is 23.5. The van der Waals surface area contributed by atoms with E-state index in [1.165, 1.54) is 23.1 Å². The first-order chi connectivity index (χ1) is 8.99. The molecule has 0 aliphatic rings. The number of hydrogen-bond donors (Lipinski definition) is 1. The lowest BCUT2D eigenvalue weighted by Crippen LogP contribution is -2.04. The molecule has 98 valence electrons. The molecular formula is C12H11N3O4. The molecule has 19 heavy (non-hydrogen) atoms. The van der Waals surface area contributed by atoms with Gasteiger partial charge in [-0.1, -0.05) is 12.1 Å². The van der Waals surface area contributed by atoms with Crippen molar-refractivity contribution in [3.05, 3.63) is 57.4 Å². The van der Waals surface area contributed by atoms with Crippen LogP contribution in [0.15, 0.2) is 30.6 Å². The third kappa shape index (κ3) is 2.59. The Labute approximate surface area is 108 Å². The Morgan fingerprint density at radius 2 is 2.26 bits per heavy atom. The number of nitro benzene ring substituents is 1. The van der Waals surface area contributed by atoms with Crippen LogP contribution in [0.3, 0.4) is 0 Å². The summed E-state index contributed by atoms with van der Waals surface area (Å²) in [7, 11) is 0. The molecule has 0 saturated heterocycles. The van der Waals surface area contributed by atoms with Gasteiger partial charge in [-0.2, -0.15) is 5.10 Å². The van der Waals surface area contributed by atoms with E-state index in [0.29, 0.717) is 12.1 Å². The largest absolute Gasteiger partial charge is 0.478 e. The van der Waals surface area contributed by atoms with Gasteiger partial charge >= 0.3 is 5.97 Å². The second-order valence-electron chi connectivity index (χ2n) is 4.05. The van der Waals surface area contributed by atoms with E-state index in [-0.39, 0.29) is 11.3 Å². The Balaban J connectivity index is 2.30. The van der Waals surface area contributed by atoms with Crippen molar-refractivity contribution in [3.8, 4) is 0 Å². The summed E-state index contributed by atoms with van der Waals surface area (Å²) in [5.74, 6) is -1.05. The number of aromatic nitrogens is 2. The average Bonchev–Trinajstić information content (AvgIpc) is 2.80. The first-order valence-corrected chi connectivity index (χ1v) is 5.47. The zero-order valence-corrected chi connectivity index (χ0v) is 10.1. The minimum atomic E-state index is -1.05. The smallest absolute Gasteiger partial charge is 0.338 e. The molecule has 0 spiro atoms. The van der Waals surface area contributed by atoms with Crippen LogP contribution < -0.4 is 0 Å². The van der Waals surface area contributed by atoms with Crippen molar-refractivity contribution >= 4 is 11.7 Å². The monoisotopic (exact) mass is 261 g/mol. The molecule has 1 aromatic carbocycles. The zero-order valence-electron chi connectivity index (χ0n) is 10.1. The molecule has 0 amide bonds. The van der Waals surface area contributed by atoms with Gasteiger partial charge in [-0.3, -0.25) is 14.8 Å². The summed E-state index contributed by atoms with van der Waals surface area (Å²) in [4.78, 5) is 21.1. The van der Waals surface area contributed by atoms with Crippen LogP contribution in [0.25, 0.3) is 0 Å². The molecule has 0 aliphatic heterocycles. The summed E-state index contributed by atoms with van der Waals surface area (Å²) in [6.07, 6.45) is 2.63. The fourth-order valence-corrected chi connectivity index (χ4v) is 1.77. The molecule has 0 radical (unpaired) electrons. The molecule has 1 aromatic heterocycles. The standard InChI is InChI=1S/C12H11N3O4/c1-8-9(3-2-4-11(8)15(18)19)6-14-7-10(5-13-14)12(16)17/h2-5,7H,6H2,1H3,(H,16,17). The Morgan fingerprint density at radius 3 is 2.84 bits per heavy atom. The average molecular weight is 261 g/mol. The van der Waals surface area contributed by atoms with E-state index in [0.717, 1.165) is 5.56 Å². The molecule has 0 bridgehead atoms. The Hall–Kier alpha value is -2.70. The lowest BCUT2D eigenvalue weighted by molar-refractivity contribution is -0.385. The second-order valence-corrected chi connectivity index (χ2v) is 4.05. The van der Waals surface area contributed by atoms with Gasteiger partial charge in [0.15, 0.2) is 0 Å². The van der Waals surface area contributed by atoms with E-state index in [2.05, 4.69) is 5.10 Å². The quantitative estimate of drug-likeness (QED) is 0.668. The molecule has 0 unspecified atom stereocenters. The highest BCUT2D eigenvalue weighted by Gasteiger charge is 2.14. The number of nitrogens with zero attached hydrogens (tertiary/aromatic N) is 3. The maximum Gasteiger partial charge on any atom is 0.338 e. The van der Waals surface area contributed by atoms with Crippen molar-refractivity contribution < 1.29 is 14.8 Å². The van der Waals surface area contributed by atoms with E-state index in [4.69, 9.17) is 5.11 Å². The normalized spacial score (nSPS) is 10.4. The molecule has 2 rings (SSSR count). The molecule has 7 heteroatoms. The van der Waals surface area contributed by atoms with Crippen LogP contribution in [0.4, 0.5) is 5.69 Å². The summed E-state index contributed by atoms with van der Waals surface area (Å²) in [6.45, 7) is 1.95. The third-order valence-corrected chi connectivity index (χ3v) is 2.83. The predicted molar refractivity (Wildman–Crippen MR) is 66.1 cm³/mol. The molecule has 0 saturated carbocycles. The molecule has 2 aromatic rings. The molecule has 0 fully saturated rings. The molecule has 1 heterocycles. The Bertz CT molecular complexity index is 648. The van der Waals surface area contributed by atoms with Crippen LogP contribution in [0.2, 0.25) is 0 Å². The van der Waals surface area contributed by atoms with Gasteiger partial charge in [-0.15, -0.1) is 0 Å². The number of nitro groups is 1. The van der Waals surface area contributed by atoms with Crippen molar-refractivity contribution in [1.29, 1.82) is 0 Å². The number of benzene rings is 1. The van der Waals surface area contributed by atoms with E-state index < -0.39 is 10.9 Å². The maximum atomic E-state index is 10.8. The summed E-state index contributed by atoms with van der Waals surface area (Å²) >= 11 is 0. The van der Waals surface area contributed by atoms with E-state index in [1.807, 2.05) is 0 Å². The van der Waals surface area contributed by atoms with E-state index in [9.17, 15) is 14.9 Å². The summed E-state index contributed by atoms with van der Waals surface area (Å²) in [6, 6.07) is 4.79. The minimum absolute atomic E-state index is 0.0446. The van der Waals surface area contributed by atoms with Crippen molar-refractivity contribution in [2.24, 2.45) is 0 Å². The van der Waals surface area contributed by atoms with Gasteiger partial charge in [-0.05, 0) is 12.5 Å². The van der Waals surface area contributed by atoms with Gasteiger partial charge in [0.05, 0.1) is 23.2 Å². The van der Waals surface area contributed by atoms with Crippen LogP contribution in [0, 0.1) is 17.0 Å². The van der Waals surface area contributed by atoms with Gasteiger partial charge in [0.2, 0.25) is 0 Å². The van der Waals surface area contributed by atoms with Gasteiger partial charge in [-0.25, -0.2) is 4.79 Å². The number of rotatable bonds is 4. The highest BCUT2D eigenvalue weighted by atomic mass is 16.6. The van der Waals surface area contributed by atoms with Gasteiger partial charge in [0.25, 0.3) is 5.69 Å². The van der Waals surface area contributed by atoms with Crippen LogP contribution in [0.5, 0.6) is 0 Å². The van der Waals surface area contributed by atoms with Gasteiger partial charge in [0, 0.05) is 17.8 Å². The van der Waals surface area contributed by atoms with Crippen molar-refractivity contribution in [2.45, 2.75) is 13.5 Å². The summed E-state index contributed by atoms with van der Waals surface area (Å²) < 4.78 is 1.44. The summed E-state index contributed by atoms with van der Waals surface area (Å²) in [5.41, 5.74) is 1.42. The van der Waals surface area contributed by atoms with Crippen LogP contribution >= 0.6 is 0 Å². The first kappa shape index (κ1) is 12.7. The lowest BCUT2D eigenvalue weighted by atomic mass is 10.1. The minimum Gasteiger partial charge on any atom is -0.478 e. The number of carboxylic acid groups (broad SMARTS) is 1. The van der Waals surface area contributed by atoms with Crippen molar-refractivity contribution in [3.63, 3.8) is 0 Å². The SMILES string of the molecule is Cc1c(Cn2cc(C(=O)O)cn2)cccc1[N+](=O)[O-]. The number of carbonyl (C=O) groups is 1. The lowest BCUT2D eigenvalue weighted by Gasteiger charge is -2.06. The van der Waals surface area contributed by atoms with Crippen molar-refractivity contribution in [1.82, 2.24) is 9.78 Å². The number of hydrogen-bond acceptors (Lipinski definition) is 4. The zero-order chi connectivity index (χ0) is 14.0. The molecule has 1 N–H and O–H groups in total. The molecule has 0 aliphatic carbocycles.